The van der Waals surface area contributed by atoms with Crippen molar-refractivity contribution in [3.05, 3.63) is 16.4 Å². The highest BCUT2D eigenvalue weighted by Gasteiger charge is 2.10. The first-order valence-electron chi connectivity index (χ1n) is 3.73. The zero-order valence-electron chi connectivity index (χ0n) is 6.82. The van der Waals surface area contributed by atoms with Crippen LogP contribution in [-0.2, 0) is 6.42 Å². The number of hydrogen-bond donors (Lipinski definition) is 0. The Kier molecular flexibility index (Phi) is 2.28. The van der Waals surface area contributed by atoms with Crippen LogP contribution in [0.4, 0.5) is 0 Å². The van der Waals surface area contributed by atoms with Gasteiger partial charge in [0.05, 0.1) is 0 Å². The van der Waals surface area contributed by atoms with Crippen LogP contribution in [0.15, 0.2) is 9.90 Å². The number of thiazole rings is 1. The normalized spacial score (nSPS) is 10.6. The molecule has 4 nitrogen and oxygen atoms in total. The number of aromatic nitrogens is 3. The predicted octanol–water partition coefficient (Wildman–Crippen LogP) is 2.41. The molecule has 0 aliphatic heterocycles. The fourth-order valence-corrected chi connectivity index (χ4v) is 1.70. The number of hydrogen-bond acceptors (Lipinski definition) is 5. The van der Waals surface area contributed by atoms with E-state index in [0.29, 0.717) is 21.9 Å². The Morgan fingerprint density at radius 1 is 1.54 bits per heavy atom. The predicted molar refractivity (Wildman–Crippen MR) is 49.8 cm³/mol. The van der Waals surface area contributed by atoms with Gasteiger partial charge in [0.25, 0.3) is 5.89 Å². The highest BCUT2D eigenvalue weighted by molar-refractivity contribution is 7.13. The van der Waals surface area contributed by atoms with Crippen LogP contribution < -0.4 is 0 Å². The fraction of sp³-hybridized carbons (Fsp3) is 0.286. The smallest absolute Gasteiger partial charge is 0.286 e. The summed E-state index contributed by atoms with van der Waals surface area (Å²) in [7, 11) is 0. The number of aryl methyl sites for hydroxylation is 1. The number of rotatable bonds is 2. The average molecular weight is 216 g/mol. The first-order valence-corrected chi connectivity index (χ1v) is 4.99. The number of halogens is 1. The van der Waals surface area contributed by atoms with E-state index in [4.69, 9.17) is 16.1 Å². The maximum atomic E-state index is 5.66. The third kappa shape index (κ3) is 1.71. The second-order valence-electron chi connectivity index (χ2n) is 2.34. The lowest BCUT2D eigenvalue weighted by Gasteiger charge is -1.81. The molecule has 0 saturated heterocycles. The molecule has 0 aliphatic rings. The van der Waals surface area contributed by atoms with Crippen LogP contribution in [0.1, 0.15) is 12.7 Å². The third-order valence-electron chi connectivity index (χ3n) is 1.44. The van der Waals surface area contributed by atoms with Crippen molar-refractivity contribution in [2.45, 2.75) is 13.3 Å². The molecule has 0 unspecified atom stereocenters. The van der Waals surface area contributed by atoms with E-state index in [1.54, 1.807) is 5.38 Å². The summed E-state index contributed by atoms with van der Waals surface area (Å²) < 4.78 is 4.98. The van der Waals surface area contributed by atoms with Gasteiger partial charge in [0, 0.05) is 11.8 Å². The van der Waals surface area contributed by atoms with Gasteiger partial charge in [-0.3, -0.25) is 0 Å². The van der Waals surface area contributed by atoms with Crippen molar-refractivity contribution in [3.8, 4) is 10.9 Å². The fourth-order valence-electron chi connectivity index (χ4n) is 0.837. The molecule has 0 radical (unpaired) electrons. The van der Waals surface area contributed by atoms with Gasteiger partial charge in [0.2, 0.25) is 0 Å². The van der Waals surface area contributed by atoms with E-state index < -0.39 is 0 Å². The Balaban J connectivity index is 2.35. The second kappa shape index (κ2) is 3.43. The van der Waals surface area contributed by atoms with Gasteiger partial charge in [-0.15, -0.1) is 11.3 Å². The van der Waals surface area contributed by atoms with Crippen molar-refractivity contribution in [1.82, 2.24) is 15.1 Å². The van der Waals surface area contributed by atoms with E-state index in [2.05, 4.69) is 15.1 Å². The maximum absolute atomic E-state index is 5.66. The Labute approximate surface area is 83.6 Å². The van der Waals surface area contributed by atoms with E-state index in [9.17, 15) is 0 Å². The lowest BCUT2D eigenvalue weighted by Crippen LogP contribution is -1.81. The van der Waals surface area contributed by atoms with Crippen molar-refractivity contribution < 1.29 is 4.52 Å². The first-order chi connectivity index (χ1) is 6.29. The van der Waals surface area contributed by atoms with Crippen molar-refractivity contribution in [1.29, 1.82) is 0 Å². The lowest BCUT2D eigenvalue weighted by molar-refractivity contribution is 0.423. The van der Waals surface area contributed by atoms with Gasteiger partial charge in [-0.05, 0) is 0 Å². The summed E-state index contributed by atoms with van der Waals surface area (Å²) in [5, 5.41) is 6.61. The highest BCUT2D eigenvalue weighted by atomic mass is 35.5. The molecule has 6 heteroatoms. The Bertz CT molecular complexity index is 411. The molecule has 0 bridgehead atoms. The van der Waals surface area contributed by atoms with E-state index >= 15 is 0 Å². The molecule has 0 atom stereocenters. The summed E-state index contributed by atoms with van der Waals surface area (Å²) in [6.45, 7) is 1.96. The molecule has 0 aliphatic carbocycles. The van der Waals surface area contributed by atoms with Gasteiger partial charge < -0.3 is 4.52 Å². The molecule has 2 rings (SSSR count). The van der Waals surface area contributed by atoms with Crippen molar-refractivity contribution in [2.24, 2.45) is 0 Å². The molecule has 0 saturated carbocycles. The molecule has 0 fully saturated rings. The molecule has 2 heterocycles. The summed E-state index contributed by atoms with van der Waals surface area (Å²) in [5.74, 6) is 1.12. The molecule has 68 valence electrons. The van der Waals surface area contributed by atoms with Gasteiger partial charge in [0.1, 0.15) is 5.15 Å². The molecule has 13 heavy (non-hydrogen) atoms. The molecule has 0 N–H and O–H groups in total. The van der Waals surface area contributed by atoms with Gasteiger partial charge in [-0.2, -0.15) is 4.98 Å². The van der Waals surface area contributed by atoms with Crippen LogP contribution in [0.3, 0.4) is 0 Å². The van der Waals surface area contributed by atoms with Crippen LogP contribution in [0.25, 0.3) is 10.9 Å². The first kappa shape index (κ1) is 8.65. The van der Waals surface area contributed by atoms with Crippen molar-refractivity contribution in [2.75, 3.05) is 0 Å². The Morgan fingerprint density at radius 3 is 2.92 bits per heavy atom. The van der Waals surface area contributed by atoms with E-state index in [1.807, 2.05) is 6.92 Å². The van der Waals surface area contributed by atoms with Crippen molar-refractivity contribution >= 4 is 22.9 Å². The van der Waals surface area contributed by atoms with Gasteiger partial charge >= 0.3 is 0 Å². The average Bonchev–Trinajstić information content (AvgIpc) is 2.71. The minimum absolute atomic E-state index is 0.439. The van der Waals surface area contributed by atoms with Crippen LogP contribution in [0.2, 0.25) is 5.15 Å². The molecule has 0 spiro atoms. The molecule has 2 aromatic heterocycles. The quantitative estimate of drug-likeness (QED) is 0.772. The van der Waals surface area contributed by atoms with Crippen LogP contribution >= 0.6 is 22.9 Å². The molecule has 0 amide bonds. The zero-order chi connectivity index (χ0) is 9.26. The van der Waals surface area contributed by atoms with Gasteiger partial charge in [-0.1, -0.05) is 23.7 Å². The largest absolute Gasteiger partial charge is 0.331 e. The second-order valence-corrected chi connectivity index (χ2v) is 3.59. The summed E-state index contributed by atoms with van der Waals surface area (Å²) in [4.78, 5) is 8.14. The zero-order valence-corrected chi connectivity index (χ0v) is 8.39. The van der Waals surface area contributed by atoms with Crippen LogP contribution in [-0.4, -0.2) is 15.1 Å². The Morgan fingerprint density at radius 2 is 2.38 bits per heavy atom. The molecule has 0 aromatic carbocycles. The molecular weight excluding hydrogens is 210 g/mol. The van der Waals surface area contributed by atoms with Crippen LogP contribution in [0, 0.1) is 0 Å². The van der Waals surface area contributed by atoms with E-state index in [0.717, 1.165) is 6.42 Å². The highest BCUT2D eigenvalue weighted by Crippen LogP contribution is 2.23. The topological polar surface area (TPSA) is 51.8 Å². The van der Waals surface area contributed by atoms with Gasteiger partial charge in [-0.25, -0.2) is 4.98 Å². The maximum Gasteiger partial charge on any atom is 0.286 e. The Hall–Kier alpha value is -0.940. The standard InChI is InChI=1S/C7H6ClN3OS/c1-2-5-10-6(12-11-5)7-9-4(8)3-13-7/h3H,2H2,1H3. The SMILES string of the molecule is CCc1noc(-c2nc(Cl)cs2)n1. The summed E-state index contributed by atoms with van der Waals surface area (Å²) in [6.07, 6.45) is 0.753. The molecular formula is C7H6ClN3OS. The minimum atomic E-state index is 0.439. The van der Waals surface area contributed by atoms with Crippen LogP contribution in [0.5, 0.6) is 0 Å². The van der Waals surface area contributed by atoms with E-state index in [-0.39, 0.29) is 0 Å². The summed E-state index contributed by atoms with van der Waals surface area (Å²) >= 11 is 7.05. The third-order valence-corrected chi connectivity index (χ3v) is 2.60. The monoisotopic (exact) mass is 215 g/mol. The van der Waals surface area contributed by atoms with Crippen molar-refractivity contribution in [3.63, 3.8) is 0 Å². The number of nitrogens with zero attached hydrogens (tertiary/aromatic N) is 3. The summed E-state index contributed by atoms with van der Waals surface area (Å²) in [6, 6.07) is 0. The summed E-state index contributed by atoms with van der Waals surface area (Å²) in [5.41, 5.74) is 0. The van der Waals surface area contributed by atoms with Gasteiger partial charge in [0.15, 0.2) is 10.8 Å². The molecule has 2 aromatic rings. The van der Waals surface area contributed by atoms with E-state index in [1.165, 1.54) is 11.3 Å². The lowest BCUT2D eigenvalue weighted by atomic mass is 10.5. The minimum Gasteiger partial charge on any atom is -0.331 e.